The zero-order chi connectivity index (χ0) is 12.5. The SMILES string of the molecule is O=NC(=O)CCCCCSc1ccccc1Cl. The van der Waals surface area contributed by atoms with Gasteiger partial charge in [-0.2, -0.15) is 0 Å². The minimum atomic E-state index is -0.552. The van der Waals surface area contributed by atoms with Gasteiger partial charge in [0.2, 0.25) is 0 Å². The molecule has 17 heavy (non-hydrogen) atoms. The Labute approximate surface area is 110 Å². The standard InChI is InChI=1S/C12H14ClNO2S/c13-10-6-3-4-7-11(10)17-9-5-1-2-8-12(15)14-16/h3-4,6-7H,1-2,5,8-9H2. The first-order chi connectivity index (χ1) is 8.24. The minimum absolute atomic E-state index is 0.264. The van der Waals surface area contributed by atoms with Crippen LogP contribution >= 0.6 is 23.4 Å². The Morgan fingerprint density at radius 1 is 1.24 bits per heavy atom. The van der Waals surface area contributed by atoms with Gasteiger partial charge in [-0.25, -0.2) is 0 Å². The quantitative estimate of drug-likeness (QED) is 0.422. The lowest BCUT2D eigenvalue weighted by Gasteiger charge is -2.03. The van der Waals surface area contributed by atoms with Crippen molar-refractivity contribution in [2.75, 3.05) is 5.75 Å². The molecule has 0 aromatic heterocycles. The Morgan fingerprint density at radius 3 is 2.71 bits per heavy atom. The van der Waals surface area contributed by atoms with Crippen LogP contribution < -0.4 is 0 Å². The lowest BCUT2D eigenvalue weighted by Crippen LogP contribution is -1.91. The lowest BCUT2D eigenvalue weighted by atomic mass is 10.2. The molecule has 3 nitrogen and oxygen atoms in total. The molecule has 0 bridgehead atoms. The number of hydrogen-bond donors (Lipinski definition) is 0. The van der Waals surface area contributed by atoms with Crippen LogP contribution in [0.15, 0.2) is 34.3 Å². The van der Waals surface area contributed by atoms with Crippen molar-refractivity contribution in [1.82, 2.24) is 0 Å². The van der Waals surface area contributed by atoms with E-state index in [1.54, 1.807) is 11.8 Å². The minimum Gasteiger partial charge on any atom is -0.269 e. The third-order valence-corrected chi connectivity index (χ3v) is 3.83. The lowest BCUT2D eigenvalue weighted by molar-refractivity contribution is -0.118. The van der Waals surface area contributed by atoms with E-state index in [1.807, 2.05) is 24.3 Å². The number of carbonyl (C=O) groups excluding carboxylic acids is 1. The Hall–Kier alpha value is -0.870. The van der Waals surface area contributed by atoms with Crippen molar-refractivity contribution in [2.24, 2.45) is 5.18 Å². The molecule has 1 amide bonds. The second-order valence-corrected chi connectivity index (χ2v) is 5.12. The summed E-state index contributed by atoms with van der Waals surface area (Å²) in [6.45, 7) is 0. The average Bonchev–Trinajstić information content (AvgIpc) is 2.35. The first-order valence-electron chi connectivity index (χ1n) is 5.47. The number of carbonyl (C=O) groups is 1. The van der Waals surface area contributed by atoms with Gasteiger partial charge in [-0.05, 0) is 30.7 Å². The second-order valence-electron chi connectivity index (χ2n) is 3.57. The first kappa shape index (κ1) is 14.2. The van der Waals surface area contributed by atoms with Gasteiger partial charge in [0.1, 0.15) is 0 Å². The van der Waals surface area contributed by atoms with E-state index in [4.69, 9.17) is 11.6 Å². The van der Waals surface area contributed by atoms with Crippen LogP contribution in [0.25, 0.3) is 0 Å². The number of rotatable bonds is 7. The highest BCUT2D eigenvalue weighted by atomic mass is 35.5. The molecular formula is C12H14ClNO2S. The molecule has 0 aliphatic heterocycles. The van der Waals surface area contributed by atoms with E-state index in [1.165, 1.54) is 0 Å². The van der Waals surface area contributed by atoms with Crippen LogP contribution in [-0.2, 0) is 4.79 Å². The fourth-order valence-corrected chi connectivity index (χ4v) is 2.59. The maximum atomic E-state index is 10.6. The van der Waals surface area contributed by atoms with Crippen LogP contribution in [-0.4, -0.2) is 11.7 Å². The molecule has 0 radical (unpaired) electrons. The van der Waals surface area contributed by atoms with Crippen molar-refractivity contribution in [2.45, 2.75) is 30.6 Å². The Bertz CT molecular complexity index is 385. The van der Waals surface area contributed by atoms with Crippen molar-refractivity contribution in [3.8, 4) is 0 Å². The topological polar surface area (TPSA) is 46.5 Å². The van der Waals surface area contributed by atoms with Crippen molar-refractivity contribution in [3.05, 3.63) is 34.2 Å². The fraction of sp³-hybridized carbons (Fsp3) is 0.417. The number of amides is 1. The first-order valence-corrected chi connectivity index (χ1v) is 6.84. The molecule has 0 spiro atoms. The second kappa shape index (κ2) is 8.25. The molecule has 0 saturated heterocycles. The summed E-state index contributed by atoms with van der Waals surface area (Å²) in [4.78, 5) is 21.5. The summed E-state index contributed by atoms with van der Waals surface area (Å²) in [6.07, 6.45) is 2.93. The smallest absolute Gasteiger partial charge is 0.269 e. The zero-order valence-electron chi connectivity index (χ0n) is 9.39. The number of nitroso groups, excluding NO2 is 1. The van der Waals surface area contributed by atoms with Gasteiger partial charge in [-0.3, -0.25) is 4.79 Å². The molecule has 0 aliphatic carbocycles. The number of hydrogen-bond acceptors (Lipinski definition) is 3. The van der Waals surface area contributed by atoms with Crippen LogP contribution in [0.4, 0.5) is 0 Å². The van der Waals surface area contributed by atoms with Crippen LogP contribution in [0, 0.1) is 4.91 Å². The summed E-state index contributed by atoms with van der Waals surface area (Å²) in [5.74, 6) is 0.413. The van der Waals surface area contributed by atoms with Crippen molar-refractivity contribution < 1.29 is 4.79 Å². The van der Waals surface area contributed by atoms with Crippen molar-refractivity contribution in [3.63, 3.8) is 0 Å². The summed E-state index contributed by atoms with van der Waals surface area (Å²) in [5, 5.41) is 3.13. The molecule has 0 aliphatic rings. The van der Waals surface area contributed by atoms with Gasteiger partial charge in [0.05, 0.1) is 5.02 Å². The van der Waals surface area contributed by atoms with Gasteiger partial charge >= 0.3 is 0 Å². The molecule has 0 unspecified atom stereocenters. The summed E-state index contributed by atoms with van der Waals surface area (Å²) in [7, 11) is 0. The molecule has 1 rings (SSSR count). The van der Waals surface area contributed by atoms with Crippen LogP contribution in [0.2, 0.25) is 5.02 Å². The molecule has 0 atom stereocenters. The predicted molar refractivity (Wildman–Crippen MR) is 71.4 cm³/mol. The van der Waals surface area contributed by atoms with Crippen LogP contribution in [0.5, 0.6) is 0 Å². The third kappa shape index (κ3) is 5.84. The average molecular weight is 272 g/mol. The van der Waals surface area contributed by atoms with Crippen molar-refractivity contribution >= 4 is 29.3 Å². The molecule has 0 fully saturated rings. The van der Waals surface area contributed by atoms with E-state index in [0.717, 1.165) is 34.9 Å². The van der Waals surface area contributed by atoms with E-state index >= 15 is 0 Å². The zero-order valence-corrected chi connectivity index (χ0v) is 11.0. The normalized spacial score (nSPS) is 10.2. The highest BCUT2D eigenvalue weighted by Crippen LogP contribution is 2.27. The third-order valence-electron chi connectivity index (χ3n) is 2.23. The van der Waals surface area contributed by atoms with Crippen LogP contribution in [0.1, 0.15) is 25.7 Å². The summed E-state index contributed by atoms with van der Waals surface area (Å²) >= 11 is 7.72. The molecule has 0 saturated carbocycles. The van der Waals surface area contributed by atoms with Gasteiger partial charge in [0.15, 0.2) is 0 Å². The Balaban J connectivity index is 2.11. The summed E-state index contributed by atoms with van der Waals surface area (Å²) in [5.41, 5.74) is 0. The monoisotopic (exact) mass is 271 g/mol. The van der Waals surface area contributed by atoms with Gasteiger partial charge in [0.25, 0.3) is 5.91 Å². The molecule has 1 aromatic carbocycles. The largest absolute Gasteiger partial charge is 0.286 e. The molecular weight excluding hydrogens is 258 g/mol. The van der Waals surface area contributed by atoms with E-state index < -0.39 is 5.91 Å². The molecule has 92 valence electrons. The number of benzene rings is 1. The van der Waals surface area contributed by atoms with Gasteiger partial charge in [-0.1, -0.05) is 30.2 Å². The number of halogens is 1. The van der Waals surface area contributed by atoms with E-state index in [2.05, 4.69) is 5.18 Å². The highest BCUT2D eigenvalue weighted by molar-refractivity contribution is 7.99. The van der Waals surface area contributed by atoms with Crippen LogP contribution in [0.3, 0.4) is 0 Å². The van der Waals surface area contributed by atoms with E-state index in [9.17, 15) is 9.70 Å². The maximum absolute atomic E-state index is 10.6. The molecule has 1 aromatic rings. The van der Waals surface area contributed by atoms with E-state index in [-0.39, 0.29) is 6.42 Å². The summed E-state index contributed by atoms with van der Waals surface area (Å²) < 4.78 is 0. The van der Waals surface area contributed by atoms with Gasteiger partial charge in [0, 0.05) is 16.5 Å². The number of unbranched alkanes of at least 4 members (excludes halogenated alkanes) is 2. The number of thioether (sulfide) groups is 1. The predicted octanol–water partition coefficient (Wildman–Crippen LogP) is 4.29. The molecule has 0 heterocycles. The maximum Gasteiger partial charge on any atom is 0.286 e. The molecule has 0 N–H and O–H groups in total. The van der Waals surface area contributed by atoms with Crippen molar-refractivity contribution in [1.29, 1.82) is 0 Å². The number of nitrogens with zero attached hydrogens (tertiary/aromatic N) is 1. The molecule has 5 heteroatoms. The van der Waals surface area contributed by atoms with Gasteiger partial charge < -0.3 is 0 Å². The Morgan fingerprint density at radius 2 is 2.00 bits per heavy atom. The fourth-order valence-electron chi connectivity index (χ4n) is 1.34. The summed E-state index contributed by atoms with van der Waals surface area (Å²) in [6, 6.07) is 7.73. The van der Waals surface area contributed by atoms with E-state index in [0.29, 0.717) is 0 Å². The Kier molecular flexibility index (Phi) is 6.89. The van der Waals surface area contributed by atoms with Gasteiger partial charge in [-0.15, -0.1) is 16.7 Å². The highest BCUT2D eigenvalue weighted by Gasteiger charge is 2.01.